The number of amides is 1. The van der Waals surface area contributed by atoms with E-state index in [4.69, 9.17) is 9.47 Å². The number of hydrogen-bond donors (Lipinski definition) is 1. The molecule has 0 saturated carbocycles. The Bertz CT molecular complexity index is 920. The summed E-state index contributed by atoms with van der Waals surface area (Å²) >= 11 is 1.11. The summed E-state index contributed by atoms with van der Waals surface area (Å²) in [5.74, 6) is 0.199. The molecule has 3 rings (SSSR count). The van der Waals surface area contributed by atoms with Crippen molar-refractivity contribution in [3.05, 3.63) is 53.6 Å². The Morgan fingerprint density at radius 1 is 1.26 bits per heavy atom. The van der Waals surface area contributed by atoms with Crippen molar-refractivity contribution in [2.75, 3.05) is 19.5 Å². The second-order valence-electron chi connectivity index (χ2n) is 6.28. The van der Waals surface area contributed by atoms with Crippen LogP contribution in [0, 0.1) is 0 Å². The lowest BCUT2D eigenvalue weighted by Crippen LogP contribution is -2.21. The highest BCUT2D eigenvalue weighted by atomic mass is 32.1. The molecule has 0 fully saturated rings. The van der Waals surface area contributed by atoms with Gasteiger partial charge in [-0.15, -0.1) is 0 Å². The third-order valence-corrected chi connectivity index (χ3v) is 4.72. The highest BCUT2D eigenvalue weighted by Gasteiger charge is 2.26. The van der Waals surface area contributed by atoms with Gasteiger partial charge < -0.3 is 9.47 Å². The average Bonchev–Trinajstić information content (AvgIpc) is 3.30. The summed E-state index contributed by atoms with van der Waals surface area (Å²) in [5.41, 5.74) is 1.30. The van der Waals surface area contributed by atoms with Crippen LogP contribution in [-0.2, 0) is 21.7 Å². The largest absolute Gasteiger partial charge is 0.378 e. The zero-order chi connectivity index (χ0) is 19.4. The van der Waals surface area contributed by atoms with E-state index in [9.17, 15) is 4.79 Å². The van der Waals surface area contributed by atoms with Crippen LogP contribution in [0.15, 0.2) is 36.5 Å². The van der Waals surface area contributed by atoms with Gasteiger partial charge in [-0.25, -0.2) is 9.67 Å². The first-order valence-corrected chi connectivity index (χ1v) is 9.05. The number of nitrogens with one attached hydrogen (secondary N) is 1. The Hall–Kier alpha value is -2.62. The van der Waals surface area contributed by atoms with Crippen LogP contribution < -0.4 is 5.32 Å². The molecule has 2 heterocycles. The van der Waals surface area contributed by atoms with Crippen molar-refractivity contribution < 1.29 is 14.3 Å². The summed E-state index contributed by atoms with van der Waals surface area (Å²) in [4.78, 5) is 17.1. The number of carbonyl (C=O) groups is 1. The molecule has 8 nitrogen and oxygen atoms in total. The lowest BCUT2D eigenvalue weighted by molar-refractivity contribution is 0.0125. The number of hydrogen-bond acceptors (Lipinski definition) is 7. The van der Waals surface area contributed by atoms with Gasteiger partial charge in [0.25, 0.3) is 5.91 Å². The molecule has 0 saturated heterocycles. The maximum atomic E-state index is 12.8. The molecule has 0 unspecified atom stereocenters. The Balaban J connectivity index is 1.86. The number of aromatic nitrogens is 4. The van der Waals surface area contributed by atoms with Crippen molar-refractivity contribution >= 4 is 22.6 Å². The van der Waals surface area contributed by atoms with Gasteiger partial charge in [-0.1, -0.05) is 18.2 Å². The predicted molar refractivity (Wildman–Crippen MR) is 102 cm³/mol. The van der Waals surface area contributed by atoms with E-state index in [2.05, 4.69) is 19.8 Å². The van der Waals surface area contributed by atoms with Crippen LogP contribution >= 0.6 is 11.5 Å². The maximum absolute atomic E-state index is 12.8. The fourth-order valence-electron chi connectivity index (χ4n) is 2.41. The van der Waals surface area contributed by atoms with Crippen LogP contribution in [-0.4, -0.2) is 39.3 Å². The van der Waals surface area contributed by atoms with Crippen LogP contribution in [0.5, 0.6) is 0 Å². The van der Waals surface area contributed by atoms with Crippen molar-refractivity contribution in [1.82, 2.24) is 19.1 Å². The van der Waals surface area contributed by atoms with Crippen molar-refractivity contribution in [2.24, 2.45) is 0 Å². The van der Waals surface area contributed by atoms with Crippen molar-refractivity contribution in [3.8, 4) is 5.69 Å². The van der Waals surface area contributed by atoms with E-state index < -0.39 is 5.60 Å². The third-order valence-electron chi connectivity index (χ3n) is 4.09. The number of methoxy groups -OCH3 is 2. The highest BCUT2D eigenvalue weighted by molar-refractivity contribution is 7.09. The van der Waals surface area contributed by atoms with Crippen molar-refractivity contribution in [1.29, 1.82) is 0 Å². The summed E-state index contributed by atoms with van der Waals surface area (Å²) in [6, 6.07) is 9.57. The summed E-state index contributed by atoms with van der Waals surface area (Å²) in [6.45, 7) is 3.97. The van der Waals surface area contributed by atoms with Gasteiger partial charge in [-0.05, 0) is 26.0 Å². The molecule has 2 aromatic heterocycles. The second kappa shape index (κ2) is 7.95. The molecule has 0 aliphatic rings. The third kappa shape index (κ3) is 4.05. The predicted octanol–water partition coefficient (Wildman–Crippen LogP) is 3.00. The molecule has 142 valence electrons. The van der Waals surface area contributed by atoms with Crippen LogP contribution in [0.3, 0.4) is 0 Å². The Kier molecular flexibility index (Phi) is 5.64. The van der Waals surface area contributed by atoms with Gasteiger partial charge in [0.2, 0.25) is 5.13 Å². The smallest absolute Gasteiger partial charge is 0.261 e. The van der Waals surface area contributed by atoms with E-state index in [0.29, 0.717) is 22.2 Å². The second-order valence-corrected chi connectivity index (χ2v) is 7.03. The Morgan fingerprint density at radius 3 is 2.67 bits per heavy atom. The first-order chi connectivity index (χ1) is 13.0. The molecule has 1 aromatic carbocycles. The zero-order valence-corrected chi connectivity index (χ0v) is 16.4. The lowest BCUT2D eigenvalue weighted by Gasteiger charge is -2.18. The van der Waals surface area contributed by atoms with Crippen LogP contribution in [0.4, 0.5) is 5.13 Å². The van der Waals surface area contributed by atoms with Gasteiger partial charge in [-0.3, -0.25) is 10.1 Å². The quantitative estimate of drug-likeness (QED) is 0.670. The van der Waals surface area contributed by atoms with Crippen LogP contribution in [0.1, 0.15) is 35.7 Å². The highest BCUT2D eigenvalue weighted by Crippen LogP contribution is 2.25. The molecule has 0 aliphatic carbocycles. The SMILES string of the molecule is COCc1c(C(=O)Nc2nc(C(C)(C)OC)ns2)cnn1-c1ccccc1. The number of rotatable bonds is 7. The van der Waals surface area contributed by atoms with Gasteiger partial charge >= 0.3 is 0 Å². The van der Waals surface area contributed by atoms with E-state index in [0.717, 1.165) is 17.2 Å². The van der Waals surface area contributed by atoms with Gasteiger partial charge in [0.15, 0.2) is 5.82 Å². The standard InChI is InChI=1S/C18H21N5O3S/c1-18(2,26-4)16-21-17(27-22-16)20-15(24)13-10-19-23(14(13)11-25-3)12-8-6-5-7-9-12/h5-10H,11H2,1-4H3,(H,20,21,22,24). The lowest BCUT2D eigenvalue weighted by atomic mass is 10.1. The van der Waals surface area contributed by atoms with Gasteiger partial charge in [0.05, 0.1) is 29.7 Å². The minimum absolute atomic E-state index is 0.246. The topological polar surface area (TPSA) is 91.2 Å². The summed E-state index contributed by atoms with van der Waals surface area (Å²) in [7, 11) is 3.17. The van der Waals surface area contributed by atoms with E-state index >= 15 is 0 Å². The average molecular weight is 387 g/mol. The molecule has 0 radical (unpaired) electrons. The Morgan fingerprint density at radius 2 is 2.00 bits per heavy atom. The maximum Gasteiger partial charge on any atom is 0.261 e. The van der Waals surface area contributed by atoms with Gasteiger partial charge in [0, 0.05) is 25.8 Å². The van der Waals surface area contributed by atoms with Gasteiger partial charge in [0.1, 0.15) is 5.60 Å². The number of carbonyl (C=O) groups excluding carboxylic acids is 1. The molecule has 3 aromatic rings. The van der Waals surface area contributed by atoms with E-state index in [1.54, 1.807) is 18.9 Å². The zero-order valence-electron chi connectivity index (χ0n) is 15.6. The van der Waals surface area contributed by atoms with Crippen LogP contribution in [0.25, 0.3) is 5.69 Å². The number of nitrogens with zero attached hydrogens (tertiary/aromatic N) is 4. The monoisotopic (exact) mass is 387 g/mol. The number of para-hydroxylation sites is 1. The molecule has 0 atom stereocenters. The first kappa shape index (κ1) is 19.2. The van der Waals surface area contributed by atoms with E-state index in [-0.39, 0.29) is 12.5 Å². The van der Waals surface area contributed by atoms with E-state index in [1.807, 2.05) is 44.2 Å². The Labute approximate surface area is 161 Å². The molecular weight excluding hydrogens is 366 g/mol. The fraction of sp³-hybridized carbons (Fsp3) is 0.333. The normalized spacial score (nSPS) is 11.6. The molecule has 1 N–H and O–H groups in total. The minimum atomic E-state index is -0.626. The first-order valence-electron chi connectivity index (χ1n) is 8.28. The summed E-state index contributed by atoms with van der Waals surface area (Å²) in [5, 5.41) is 7.53. The molecule has 0 spiro atoms. The van der Waals surface area contributed by atoms with Crippen LogP contribution in [0.2, 0.25) is 0 Å². The molecule has 27 heavy (non-hydrogen) atoms. The summed E-state index contributed by atoms with van der Waals surface area (Å²) in [6.07, 6.45) is 1.53. The molecule has 9 heteroatoms. The fourth-order valence-corrected chi connectivity index (χ4v) is 3.10. The molecule has 0 aliphatic heterocycles. The molecule has 1 amide bonds. The number of anilines is 1. The van der Waals surface area contributed by atoms with Crippen molar-refractivity contribution in [3.63, 3.8) is 0 Å². The van der Waals surface area contributed by atoms with E-state index in [1.165, 1.54) is 6.20 Å². The molecule has 0 bridgehead atoms. The van der Waals surface area contributed by atoms with Crippen molar-refractivity contribution in [2.45, 2.75) is 26.1 Å². The molecular formula is C18H21N5O3S. The number of benzene rings is 1. The number of ether oxygens (including phenoxy) is 2. The minimum Gasteiger partial charge on any atom is -0.378 e. The summed E-state index contributed by atoms with van der Waals surface area (Å²) < 4.78 is 16.6. The van der Waals surface area contributed by atoms with Gasteiger partial charge in [-0.2, -0.15) is 9.47 Å².